The molecule has 5 heterocycles. The Morgan fingerprint density at radius 2 is 1.16 bits per heavy atom. The quantitative estimate of drug-likeness (QED) is 0.0940. The molecule has 2 unspecified atom stereocenters. The first-order valence-electron chi connectivity index (χ1n) is 21.2. The third kappa shape index (κ3) is 6.89. The molecular weight excluding hydrogens is 775 g/mol. The second kappa shape index (κ2) is 14.6. The van der Waals surface area contributed by atoms with E-state index in [1.165, 1.54) is 7.11 Å². The van der Waals surface area contributed by atoms with Crippen LogP contribution in [-0.4, -0.2) is 95.1 Å². The van der Waals surface area contributed by atoms with Gasteiger partial charge in [-0.3, -0.25) is 9.59 Å². The van der Waals surface area contributed by atoms with Gasteiger partial charge in [0.1, 0.15) is 23.7 Å². The number of pyridine rings is 1. The summed E-state index contributed by atoms with van der Waals surface area (Å²) in [5.74, 6) is 1.71. The summed E-state index contributed by atoms with van der Waals surface area (Å²) in [4.78, 5) is 77.0. The molecule has 0 bridgehead atoms. The molecule has 15 heteroatoms. The van der Waals surface area contributed by atoms with Crippen LogP contribution >= 0.6 is 0 Å². The second-order valence-corrected chi connectivity index (χ2v) is 18.0. The molecule has 4 aliphatic rings. The maximum absolute atomic E-state index is 13.9. The summed E-state index contributed by atoms with van der Waals surface area (Å²) in [6, 6.07) is 20.8. The molecule has 0 spiro atoms. The van der Waals surface area contributed by atoms with Crippen molar-refractivity contribution in [1.82, 2.24) is 45.4 Å². The Morgan fingerprint density at radius 3 is 1.70 bits per heavy atom. The highest BCUT2D eigenvalue weighted by Crippen LogP contribution is 2.54. The van der Waals surface area contributed by atoms with Crippen molar-refractivity contribution in [2.75, 3.05) is 7.11 Å². The lowest BCUT2D eigenvalue weighted by Gasteiger charge is -2.31. The van der Waals surface area contributed by atoms with Crippen LogP contribution in [0.3, 0.4) is 0 Å². The van der Waals surface area contributed by atoms with E-state index >= 15 is 0 Å². The first-order chi connectivity index (χ1) is 29.3. The first kappa shape index (κ1) is 38.7. The van der Waals surface area contributed by atoms with Gasteiger partial charge in [0.15, 0.2) is 0 Å². The highest BCUT2D eigenvalue weighted by Gasteiger charge is 2.57. The Bertz CT molecular complexity index is 2760. The number of H-pyrrole nitrogens is 2. The molecule has 61 heavy (non-hydrogen) atoms. The Balaban J connectivity index is 0.872. The summed E-state index contributed by atoms with van der Waals surface area (Å²) in [6.07, 6.45) is 1.71. The minimum Gasteiger partial charge on any atom is -0.465 e. The molecule has 2 saturated heterocycles. The fraction of sp³-hybridized carbons (Fsp3) is 0.413. The summed E-state index contributed by atoms with van der Waals surface area (Å²) in [5.41, 5.74) is 8.02. The first-order valence-corrected chi connectivity index (χ1v) is 21.2. The number of imidazole rings is 2. The van der Waals surface area contributed by atoms with Gasteiger partial charge >= 0.3 is 12.2 Å². The number of piperidine rings is 2. The number of ether oxygens (including phenoxy) is 1. The minimum atomic E-state index is -1.20. The number of carboxylic acid groups (broad SMARTS) is 1. The van der Waals surface area contributed by atoms with Crippen LogP contribution in [0.2, 0.25) is 0 Å². The van der Waals surface area contributed by atoms with Crippen LogP contribution in [0.25, 0.3) is 55.4 Å². The van der Waals surface area contributed by atoms with Crippen LogP contribution in [-0.2, 0) is 14.3 Å². The molecule has 8 atom stereocenters. The van der Waals surface area contributed by atoms with Gasteiger partial charge in [0, 0.05) is 23.0 Å². The van der Waals surface area contributed by atoms with Gasteiger partial charge in [-0.15, -0.1) is 0 Å². The predicted molar refractivity (Wildman–Crippen MR) is 228 cm³/mol. The summed E-state index contributed by atoms with van der Waals surface area (Å²) in [5, 5.41) is 15.6. The van der Waals surface area contributed by atoms with Crippen LogP contribution in [0, 0.1) is 23.7 Å². The van der Waals surface area contributed by atoms with Gasteiger partial charge in [-0.2, -0.15) is 0 Å². The fourth-order valence-corrected chi connectivity index (χ4v) is 9.88. The van der Waals surface area contributed by atoms with Gasteiger partial charge in [0.2, 0.25) is 11.8 Å². The van der Waals surface area contributed by atoms with E-state index in [0.717, 1.165) is 86.9 Å². The number of fused-ring (bicyclic) bond motifs is 5. The molecule has 3 aromatic heterocycles. The monoisotopic (exact) mass is 823 g/mol. The molecule has 4 fully saturated rings. The molecule has 3 aromatic carbocycles. The Labute approximate surface area is 351 Å². The number of nitrogens with one attached hydrogen (secondary N) is 4. The predicted octanol–water partition coefficient (Wildman–Crippen LogP) is 7.32. The number of hydrogen-bond acceptors (Lipinski definition) is 8. The molecule has 2 aliphatic heterocycles. The number of alkyl carbamates (subject to hydrolysis) is 1. The topological polar surface area (TPSA) is 199 Å². The zero-order valence-electron chi connectivity index (χ0n) is 34.7. The molecule has 6 aromatic rings. The van der Waals surface area contributed by atoms with E-state index in [2.05, 4.69) is 50.9 Å². The van der Waals surface area contributed by atoms with E-state index in [1.54, 1.807) is 0 Å². The summed E-state index contributed by atoms with van der Waals surface area (Å²) in [7, 11) is 1.30. The molecule has 0 radical (unpaired) electrons. The van der Waals surface area contributed by atoms with Gasteiger partial charge in [0.05, 0.1) is 52.5 Å². The molecule has 314 valence electrons. The van der Waals surface area contributed by atoms with Crippen molar-refractivity contribution in [3.8, 4) is 22.4 Å². The van der Waals surface area contributed by atoms with Crippen molar-refractivity contribution in [3.63, 3.8) is 0 Å². The third-order valence-corrected chi connectivity index (χ3v) is 13.3. The van der Waals surface area contributed by atoms with Crippen LogP contribution in [0.5, 0.6) is 0 Å². The van der Waals surface area contributed by atoms with Gasteiger partial charge < -0.3 is 40.2 Å². The summed E-state index contributed by atoms with van der Waals surface area (Å²) < 4.78 is 4.81. The molecule has 10 rings (SSSR count). The van der Waals surface area contributed by atoms with E-state index in [0.29, 0.717) is 17.7 Å². The van der Waals surface area contributed by atoms with Crippen LogP contribution in [0.15, 0.2) is 66.7 Å². The average molecular weight is 824 g/mol. The number of aromatic amines is 2. The number of methoxy groups -OCH3 is 1. The number of aromatic nitrogens is 5. The van der Waals surface area contributed by atoms with Crippen LogP contribution < -0.4 is 10.6 Å². The Hall–Kier alpha value is -6.51. The van der Waals surface area contributed by atoms with E-state index in [-0.39, 0.29) is 47.8 Å². The van der Waals surface area contributed by atoms with Crippen molar-refractivity contribution in [2.24, 2.45) is 23.7 Å². The summed E-state index contributed by atoms with van der Waals surface area (Å²) in [6.45, 7) is 7.54. The lowest BCUT2D eigenvalue weighted by Crippen LogP contribution is -2.52. The van der Waals surface area contributed by atoms with Gasteiger partial charge in [0.25, 0.3) is 0 Å². The smallest absolute Gasteiger partial charge is 0.407 e. The number of likely N-dealkylation sites (tertiary alicyclic amines) is 2. The lowest BCUT2D eigenvalue weighted by molar-refractivity contribution is -0.137. The van der Waals surface area contributed by atoms with E-state index in [4.69, 9.17) is 19.7 Å². The number of carbonyl (C=O) groups is 4. The molecule has 15 nitrogen and oxygen atoms in total. The van der Waals surface area contributed by atoms with Gasteiger partial charge in [-0.1, -0.05) is 52.0 Å². The van der Waals surface area contributed by atoms with Gasteiger partial charge in [-0.05, 0) is 103 Å². The number of hydrogen-bond donors (Lipinski definition) is 5. The average Bonchev–Trinajstić information content (AvgIpc) is 3.91. The molecule has 2 aliphatic carbocycles. The SMILES string of the molecule is COC(=O)NC(C(=O)N1[C@@H]2C[C@@H]2C[C@H]1c1nc2ccc(-c3ccc4nc(-c5ccc6nc([C@@H]7C[C@H]8C[C@H]8N7C(=O)C(NC(=O)O)C(C)C)[nH]c6c5)ccc4c3)cc2[nH]1)C(C)C. The fourth-order valence-electron chi connectivity index (χ4n) is 9.88. The van der Waals surface area contributed by atoms with Crippen LogP contribution in [0.4, 0.5) is 9.59 Å². The van der Waals surface area contributed by atoms with Crippen molar-refractivity contribution < 1.29 is 29.0 Å². The third-order valence-electron chi connectivity index (χ3n) is 13.3. The standard InChI is InChI=1S/C46H49N9O6/c1-21(2)39(52-45(58)59)43(56)54-35-17-27(35)19-37(54)42-49-32-13-9-26(16-34(32)51-42)30-11-8-25-14-23(6-10-29(25)47-30)24-7-12-31-33(15-24)50-41(48-31)38-20-28-18-36(28)55(38)44(57)40(22(3)4)53-46(60)61-5/h6-16,21-22,27-28,35-40,52H,17-20H2,1-5H3,(H,48,50)(H,49,51)(H,53,60)(H,58,59)/t27-,28-,35-,36-,37+,38+,39?,40?/m1/s1. The maximum Gasteiger partial charge on any atom is 0.407 e. The Morgan fingerprint density at radius 1 is 0.656 bits per heavy atom. The molecule has 4 amide bonds. The number of carbonyl (C=O) groups excluding carboxylic acids is 3. The van der Waals surface area contributed by atoms with Gasteiger partial charge in [-0.25, -0.2) is 24.5 Å². The molecular formula is C46H49N9O6. The van der Waals surface area contributed by atoms with E-state index < -0.39 is 24.3 Å². The van der Waals surface area contributed by atoms with Crippen molar-refractivity contribution in [3.05, 3.63) is 78.4 Å². The number of rotatable bonds is 10. The summed E-state index contributed by atoms with van der Waals surface area (Å²) >= 11 is 0. The largest absolute Gasteiger partial charge is 0.465 e. The van der Waals surface area contributed by atoms with E-state index in [1.807, 2.05) is 73.9 Å². The van der Waals surface area contributed by atoms with E-state index in [9.17, 15) is 24.3 Å². The lowest BCUT2D eigenvalue weighted by atomic mass is 10.0. The molecule has 5 N–H and O–H groups in total. The maximum atomic E-state index is 13.9. The van der Waals surface area contributed by atoms with Crippen molar-refractivity contribution in [2.45, 2.75) is 89.6 Å². The van der Waals surface area contributed by atoms with Crippen LogP contribution in [0.1, 0.15) is 77.1 Å². The zero-order valence-corrected chi connectivity index (χ0v) is 34.7. The normalized spacial score (nSPS) is 23.7. The number of nitrogens with zero attached hydrogens (tertiary/aromatic N) is 5. The highest BCUT2D eigenvalue weighted by atomic mass is 16.5. The zero-order chi connectivity index (χ0) is 42.4. The van der Waals surface area contributed by atoms with Crippen molar-refractivity contribution >= 4 is 57.0 Å². The minimum absolute atomic E-state index is 0.105. The number of amides is 4. The number of benzene rings is 3. The second-order valence-electron chi connectivity index (χ2n) is 18.0. The Kier molecular flexibility index (Phi) is 9.25. The highest BCUT2D eigenvalue weighted by molar-refractivity contribution is 5.91. The van der Waals surface area contributed by atoms with Crippen molar-refractivity contribution in [1.29, 1.82) is 0 Å². The molecule has 2 saturated carbocycles.